The molecule has 20 heavy (non-hydrogen) atoms. The molecule has 0 aromatic heterocycles. The molecular formula is C14H14BrClN2O2. The number of ether oxygens (including phenoxy) is 1. The highest BCUT2D eigenvalue weighted by atomic mass is 79.9. The van der Waals surface area contributed by atoms with Gasteiger partial charge in [0.05, 0.1) is 11.6 Å². The van der Waals surface area contributed by atoms with Crippen molar-refractivity contribution in [3.05, 3.63) is 52.5 Å². The number of rotatable bonds is 3. The second kappa shape index (κ2) is 7.28. The van der Waals surface area contributed by atoms with Crippen molar-refractivity contribution in [1.29, 1.82) is 0 Å². The lowest BCUT2D eigenvalue weighted by Gasteiger charge is -2.06. The molecule has 0 saturated heterocycles. The van der Waals surface area contributed by atoms with Gasteiger partial charge in [0.1, 0.15) is 11.4 Å². The Morgan fingerprint density at radius 3 is 2.40 bits per heavy atom. The van der Waals surface area contributed by atoms with Crippen molar-refractivity contribution in [2.45, 2.75) is 0 Å². The van der Waals surface area contributed by atoms with Crippen LogP contribution in [0.25, 0.3) is 0 Å². The van der Waals surface area contributed by atoms with Crippen LogP contribution in [0.5, 0.6) is 5.75 Å². The largest absolute Gasteiger partial charge is 1.00 e. The standard InChI is InChI=1S/C14H13BrN2O2.ClH/c1-19-11-5-3-10(4-6-11)17-14(18)9-2-7-13(16)12(15)8-9;/h2-8H,16H2,1H3,(H,17,18);1H. The molecule has 0 aliphatic rings. The zero-order valence-corrected chi connectivity index (χ0v) is 13.2. The summed E-state index contributed by atoms with van der Waals surface area (Å²) in [4.78, 5) is 12.0. The second-order valence-electron chi connectivity index (χ2n) is 3.99. The van der Waals surface area contributed by atoms with Gasteiger partial charge in [0, 0.05) is 17.3 Å². The second-order valence-corrected chi connectivity index (χ2v) is 4.84. The molecule has 106 valence electrons. The summed E-state index contributed by atoms with van der Waals surface area (Å²) in [6, 6.07) is 12.5. The Hall–Kier alpha value is -1.56. The first kappa shape index (κ1) is 16.5. The SMILES string of the molecule is COc1ccc(NC(=O)c2ccc([NH3+])c(Br)c2)cc1.[Cl-]. The Morgan fingerprint density at radius 1 is 1.20 bits per heavy atom. The van der Waals surface area contributed by atoms with Crippen LogP contribution < -0.4 is 28.2 Å². The van der Waals surface area contributed by atoms with Gasteiger partial charge >= 0.3 is 0 Å². The maximum Gasteiger partial charge on any atom is 0.255 e. The van der Waals surface area contributed by atoms with Crippen LogP contribution in [0.3, 0.4) is 0 Å². The molecule has 0 aliphatic carbocycles. The molecule has 6 heteroatoms. The molecular weight excluding hydrogens is 344 g/mol. The van der Waals surface area contributed by atoms with Gasteiger partial charge in [0.25, 0.3) is 5.91 Å². The fourth-order valence-electron chi connectivity index (χ4n) is 1.57. The molecule has 0 heterocycles. The number of hydrogen-bond acceptors (Lipinski definition) is 2. The van der Waals surface area contributed by atoms with Crippen LogP contribution in [0.1, 0.15) is 10.4 Å². The highest BCUT2D eigenvalue weighted by molar-refractivity contribution is 9.10. The number of carbonyl (C=O) groups excluding carboxylic acids is 1. The maximum absolute atomic E-state index is 12.0. The Bertz CT molecular complexity index is 603. The molecule has 2 rings (SSSR count). The number of hydrogen-bond donors (Lipinski definition) is 2. The first-order valence-corrected chi connectivity index (χ1v) is 6.46. The van der Waals surface area contributed by atoms with Gasteiger partial charge in [-0.15, -0.1) is 0 Å². The van der Waals surface area contributed by atoms with Gasteiger partial charge in [-0.25, -0.2) is 0 Å². The molecule has 0 unspecified atom stereocenters. The first-order chi connectivity index (χ1) is 9.10. The predicted octanol–water partition coefficient (Wildman–Crippen LogP) is -0.413. The van der Waals surface area contributed by atoms with E-state index >= 15 is 0 Å². The lowest BCUT2D eigenvalue weighted by molar-refractivity contribution is -0.255. The van der Waals surface area contributed by atoms with Crippen LogP contribution >= 0.6 is 15.9 Å². The summed E-state index contributed by atoms with van der Waals surface area (Å²) in [5.74, 6) is 0.591. The quantitative estimate of drug-likeness (QED) is 0.784. The normalized spacial score (nSPS) is 9.55. The van der Waals surface area contributed by atoms with Crippen LogP contribution in [-0.2, 0) is 0 Å². The number of amides is 1. The third-order valence-corrected chi connectivity index (χ3v) is 3.40. The summed E-state index contributed by atoms with van der Waals surface area (Å²) >= 11 is 3.36. The molecule has 4 nitrogen and oxygen atoms in total. The highest BCUT2D eigenvalue weighted by Crippen LogP contribution is 2.20. The molecule has 2 aromatic rings. The molecule has 0 bridgehead atoms. The Labute approximate surface area is 131 Å². The first-order valence-electron chi connectivity index (χ1n) is 5.67. The number of anilines is 1. The van der Waals surface area contributed by atoms with Crippen molar-refractivity contribution < 1.29 is 27.7 Å². The number of quaternary nitrogens is 1. The molecule has 1 amide bonds. The summed E-state index contributed by atoms with van der Waals surface area (Å²) < 4.78 is 5.88. The van der Waals surface area contributed by atoms with E-state index in [1.54, 1.807) is 49.6 Å². The molecule has 0 fully saturated rings. The Kier molecular flexibility index (Phi) is 6.01. The van der Waals surface area contributed by atoms with E-state index in [0.717, 1.165) is 21.6 Å². The van der Waals surface area contributed by atoms with E-state index in [1.807, 2.05) is 0 Å². The molecule has 0 radical (unpaired) electrons. The number of halogens is 2. The third kappa shape index (κ3) is 3.96. The number of benzene rings is 2. The van der Waals surface area contributed by atoms with E-state index < -0.39 is 0 Å². The monoisotopic (exact) mass is 356 g/mol. The van der Waals surface area contributed by atoms with Gasteiger partial charge in [-0.2, -0.15) is 0 Å². The van der Waals surface area contributed by atoms with Crippen molar-refractivity contribution >= 4 is 33.2 Å². The fourth-order valence-corrected chi connectivity index (χ4v) is 1.94. The minimum atomic E-state index is -0.161. The van der Waals surface area contributed by atoms with Gasteiger partial charge in [-0.05, 0) is 52.3 Å². The van der Waals surface area contributed by atoms with Crippen molar-refractivity contribution in [3.8, 4) is 5.75 Å². The van der Waals surface area contributed by atoms with Crippen molar-refractivity contribution in [2.24, 2.45) is 0 Å². The summed E-state index contributed by atoms with van der Waals surface area (Å²) in [5, 5.41) is 2.82. The zero-order valence-electron chi connectivity index (χ0n) is 10.8. The minimum absolute atomic E-state index is 0. The molecule has 0 aliphatic heterocycles. The smallest absolute Gasteiger partial charge is 0.255 e. The molecule has 0 saturated carbocycles. The fraction of sp³-hybridized carbons (Fsp3) is 0.0714. The molecule has 4 N–H and O–H groups in total. The Morgan fingerprint density at radius 2 is 1.85 bits per heavy atom. The summed E-state index contributed by atoms with van der Waals surface area (Å²) in [7, 11) is 1.60. The van der Waals surface area contributed by atoms with Gasteiger partial charge in [0.15, 0.2) is 0 Å². The van der Waals surface area contributed by atoms with Crippen LogP contribution in [0.2, 0.25) is 0 Å². The number of carbonyl (C=O) groups is 1. The summed E-state index contributed by atoms with van der Waals surface area (Å²) in [5.41, 5.74) is 5.98. The summed E-state index contributed by atoms with van der Waals surface area (Å²) in [6.45, 7) is 0. The average molecular weight is 358 g/mol. The predicted molar refractivity (Wildman–Crippen MR) is 77.6 cm³/mol. The van der Waals surface area contributed by atoms with Gasteiger partial charge in [0.2, 0.25) is 0 Å². The van der Waals surface area contributed by atoms with Crippen molar-refractivity contribution in [3.63, 3.8) is 0 Å². The van der Waals surface area contributed by atoms with E-state index in [1.165, 1.54) is 0 Å². The number of methoxy groups -OCH3 is 1. The van der Waals surface area contributed by atoms with E-state index in [-0.39, 0.29) is 18.3 Å². The molecule has 2 aromatic carbocycles. The lowest BCUT2D eigenvalue weighted by Crippen LogP contribution is -3.00. The lowest BCUT2D eigenvalue weighted by atomic mass is 10.2. The summed E-state index contributed by atoms with van der Waals surface area (Å²) in [6.07, 6.45) is 0. The van der Waals surface area contributed by atoms with Crippen LogP contribution in [0.4, 0.5) is 11.4 Å². The van der Waals surface area contributed by atoms with Gasteiger partial charge in [-0.3, -0.25) is 4.79 Å². The average Bonchev–Trinajstić information content (AvgIpc) is 2.42. The van der Waals surface area contributed by atoms with Gasteiger partial charge in [-0.1, -0.05) is 0 Å². The molecule has 0 spiro atoms. The van der Waals surface area contributed by atoms with Crippen LogP contribution in [0.15, 0.2) is 46.9 Å². The minimum Gasteiger partial charge on any atom is -1.00 e. The Balaban J connectivity index is 0.00000200. The number of nitrogens with one attached hydrogen (secondary N) is 1. The van der Waals surface area contributed by atoms with E-state index in [4.69, 9.17) is 4.74 Å². The van der Waals surface area contributed by atoms with E-state index in [0.29, 0.717) is 5.56 Å². The highest BCUT2D eigenvalue weighted by Gasteiger charge is 2.09. The third-order valence-electron chi connectivity index (χ3n) is 2.66. The zero-order chi connectivity index (χ0) is 13.8. The maximum atomic E-state index is 12.0. The topological polar surface area (TPSA) is 66.0 Å². The van der Waals surface area contributed by atoms with Gasteiger partial charge < -0.3 is 28.2 Å². The molecule has 0 atom stereocenters. The van der Waals surface area contributed by atoms with Crippen molar-refractivity contribution in [2.75, 3.05) is 12.4 Å². The van der Waals surface area contributed by atoms with Crippen molar-refractivity contribution in [1.82, 2.24) is 0 Å². The van der Waals surface area contributed by atoms with Crippen LogP contribution in [0, 0.1) is 0 Å². The van der Waals surface area contributed by atoms with Crippen LogP contribution in [-0.4, -0.2) is 13.0 Å². The van der Waals surface area contributed by atoms with E-state index in [2.05, 4.69) is 27.0 Å². The van der Waals surface area contributed by atoms with E-state index in [9.17, 15) is 4.79 Å².